The van der Waals surface area contributed by atoms with Crippen molar-refractivity contribution < 1.29 is 9.53 Å². The molecule has 0 N–H and O–H groups in total. The maximum absolute atomic E-state index is 12.4. The van der Waals surface area contributed by atoms with Crippen molar-refractivity contribution in [3.63, 3.8) is 0 Å². The lowest BCUT2D eigenvalue weighted by molar-refractivity contribution is 0.0468. The summed E-state index contributed by atoms with van der Waals surface area (Å²) in [6.07, 6.45) is 0. The SMILES string of the molecule is Cc1ccc(-c2nc(COC(=O)c3ccc(-n4c(C)ccc4C)cc3)cs2)cc1. The highest BCUT2D eigenvalue weighted by atomic mass is 32.1. The molecule has 0 radical (unpaired) electrons. The van der Waals surface area contributed by atoms with Gasteiger partial charge in [0, 0.05) is 28.0 Å². The first-order chi connectivity index (χ1) is 14.0. The van der Waals surface area contributed by atoms with Crippen LogP contribution in [0.5, 0.6) is 0 Å². The third-order valence-electron chi connectivity index (χ3n) is 4.83. The molecule has 0 aliphatic rings. The molecular weight excluding hydrogens is 380 g/mol. The van der Waals surface area contributed by atoms with E-state index in [4.69, 9.17) is 4.74 Å². The normalized spacial score (nSPS) is 10.9. The molecule has 0 aliphatic heterocycles. The molecule has 0 fully saturated rings. The number of thiazole rings is 1. The number of hydrogen-bond acceptors (Lipinski definition) is 4. The Hall–Kier alpha value is -3.18. The Kier molecular flexibility index (Phi) is 5.32. The molecule has 2 aromatic carbocycles. The van der Waals surface area contributed by atoms with E-state index in [1.807, 2.05) is 17.5 Å². The van der Waals surface area contributed by atoms with Crippen molar-refractivity contribution in [1.82, 2.24) is 9.55 Å². The zero-order valence-electron chi connectivity index (χ0n) is 16.7. The smallest absolute Gasteiger partial charge is 0.338 e. The minimum absolute atomic E-state index is 0.165. The number of hydrogen-bond donors (Lipinski definition) is 0. The molecule has 4 rings (SSSR count). The van der Waals surface area contributed by atoms with Crippen LogP contribution in [0.1, 0.15) is 33.0 Å². The summed E-state index contributed by atoms with van der Waals surface area (Å²) in [5.41, 5.74) is 6.93. The van der Waals surface area contributed by atoms with Gasteiger partial charge in [-0.1, -0.05) is 29.8 Å². The average molecular weight is 403 g/mol. The van der Waals surface area contributed by atoms with Crippen LogP contribution in [0, 0.1) is 20.8 Å². The fraction of sp³-hybridized carbons (Fsp3) is 0.167. The van der Waals surface area contributed by atoms with Crippen LogP contribution in [0.15, 0.2) is 66.0 Å². The van der Waals surface area contributed by atoms with E-state index in [1.165, 1.54) is 5.56 Å². The lowest BCUT2D eigenvalue weighted by Gasteiger charge is -2.10. The number of ether oxygens (including phenoxy) is 1. The second-order valence-electron chi connectivity index (χ2n) is 7.08. The van der Waals surface area contributed by atoms with E-state index in [0.717, 1.165) is 33.3 Å². The van der Waals surface area contributed by atoms with E-state index in [2.05, 4.69) is 66.7 Å². The van der Waals surface area contributed by atoms with Gasteiger partial charge >= 0.3 is 5.97 Å². The van der Waals surface area contributed by atoms with E-state index in [0.29, 0.717) is 5.56 Å². The van der Waals surface area contributed by atoms with Gasteiger partial charge in [-0.15, -0.1) is 11.3 Å². The molecule has 0 spiro atoms. The molecule has 29 heavy (non-hydrogen) atoms. The summed E-state index contributed by atoms with van der Waals surface area (Å²) in [5.74, 6) is -0.345. The molecule has 0 bridgehead atoms. The van der Waals surface area contributed by atoms with Crippen molar-refractivity contribution in [2.24, 2.45) is 0 Å². The number of aromatic nitrogens is 2. The number of esters is 1. The van der Waals surface area contributed by atoms with E-state index < -0.39 is 0 Å². The quantitative estimate of drug-likeness (QED) is 0.391. The highest BCUT2D eigenvalue weighted by Gasteiger charge is 2.11. The molecule has 2 heterocycles. The first kappa shape index (κ1) is 19.2. The van der Waals surface area contributed by atoms with Gasteiger partial charge in [0.1, 0.15) is 11.6 Å². The zero-order chi connectivity index (χ0) is 20.4. The maximum atomic E-state index is 12.4. The van der Waals surface area contributed by atoms with Crippen LogP contribution < -0.4 is 0 Å². The first-order valence-corrected chi connectivity index (χ1v) is 10.3. The van der Waals surface area contributed by atoms with E-state index >= 15 is 0 Å². The van der Waals surface area contributed by atoms with Gasteiger partial charge in [-0.25, -0.2) is 9.78 Å². The van der Waals surface area contributed by atoms with Gasteiger partial charge < -0.3 is 9.30 Å². The standard InChI is InChI=1S/C24H22N2O2S/c1-16-4-8-19(9-5-16)23-25-21(15-29-23)14-28-24(27)20-10-12-22(13-11-20)26-17(2)6-7-18(26)3/h4-13,15H,14H2,1-3H3. The third-order valence-corrected chi connectivity index (χ3v) is 5.77. The minimum atomic E-state index is -0.345. The van der Waals surface area contributed by atoms with Crippen molar-refractivity contribution in [2.75, 3.05) is 0 Å². The van der Waals surface area contributed by atoms with Gasteiger partial charge in [-0.2, -0.15) is 0 Å². The van der Waals surface area contributed by atoms with Gasteiger partial charge in [0.2, 0.25) is 0 Å². The Morgan fingerprint density at radius 1 is 0.931 bits per heavy atom. The van der Waals surface area contributed by atoms with Gasteiger partial charge in [0.25, 0.3) is 0 Å². The molecule has 0 saturated heterocycles. The van der Waals surface area contributed by atoms with Gasteiger partial charge in [-0.3, -0.25) is 0 Å². The lowest BCUT2D eigenvalue weighted by atomic mass is 10.2. The molecule has 0 amide bonds. The van der Waals surface area contributed by atoms with Crippen molar-refractivity contribution >= 4 is 17.3 Å². The Morgan fingerprint density at radius 2 is 1.59 bits per heavy atom. The summed E-state index contributed by atoms with van der Waals surface area (Å²) in [5, 5.41) is 2.86. The molecule has 146 valence electrons. The number of benzene rings is 2. The van der Waals surface area contributed by atoms with Crippen molar-refractivity contribution in [1.29, 1.82) is 0 Å². The molecule has 2 aromatic heterocycles. The number of rotatable bonds is 5. The van der Waals surface area contributed by atoms with E-state index in [-0.39, 0.29) is 12.6 Å². The fourth-order valence-electron chi connectivity index (χ4n) is 3.25. The molecule has 0 unspecified atom stereocenters. The number of carbonyl (C=O) groups is 1. The average Bonchev–Trinajstić information content (AvgIpc) is 3.33. The van der Waals surface area contributed by atoms with Crippen LogP contribution in [0.25, 0.3) is 16.3 Å². The molecule has 4 nitrogen and oxygen atoms in total. The molecule has 0 aliphatic carbocycles. The second-order valence-corrected chi connectivity index (χ2v) is 7.94. The summed E-state index contributed by atoms with van der Waals surface area (Å²) in [7, 11) is 0. The number of aryl methyl sites for hydroxylation is 3. The maximum Gasteiger partial charge on any atom is 0.338 e. The second kappa shape index (κ2) is 8.05. The first-order valence-electron chi connectivity index (χ1n) is 9.45. The highest BCUT2D eigenvalue weighted by Crippen LogP contribution is 2.24. The molecular formula is C24H22N2O2S. The van der Waals surface area contributed by atoms with E-state index in [9.17, 15) is 4.79 Å². The van der Waals surface area contributed by atoms with Crippen LogP contribution >= 0.6 is 11.3 Å². The third kappa shape index (κ3) is 4.15. The summed E-state index contributed by atoms with van der Waals surface area (Å²) in [4.78, 5) is 17.0. The Morgan fingerprint density at radius 3 is 2.24 bits per heavy atom. The number of nitrogens with zero attached hydrogens (tertiary/aromatic N) is 2. The zero-order valence-corrected chi connectivity index (χ0v) is 17.5. The van der Waals surface area contributed by atoms with Crippen LogP contribution in [0.4, 0.5) is 0 Å². The van der Waals surface area contributed by atoms with Gasteiger partial charge in [0.15, 0.2) is 0 Å². The Bertz CT molecular complexity index is 1120. The lowest BCUT2D eigenvalue weighted by Crippen LogP contribution is -2.06. The van der Waals surface area contributed by atoms with Crippen LogP contribution in [-0.2, 0) is 11.3 Å². The highest BCUT2D eigenvalue weighted by molar-refractivity contribution is 7.13. The van der Waals surface area contributed by atoms with Crippen LogP contribution in [0.2, 0.25) is 0 Å². The Balaban J connectivity index is 1.41. The molecule has 4 aromatic rings. The van der Waals surface area contributed by atoms with Crippen molar-refractivity contribution in [3.05, 3.63) is 94.3 Å². The summed E-state index contributed by atoms with van der Waals surface area (Å²) in [6, 6.07) is 19.9. The van der Waals surface area contributed by atoms with Crippen molar-refractivity contribution in [2.45, 2.75) is 27.4 Å². The predicted octanol–water partition coefficient (Wildman–Crippen LogP) is 5.88. The topological polar surface area (TPSA) is 44.1 Å². The monoisotopic (exact) mass is 402 g/mol. The largest absolute Gasteiger partial charge is 0.456 e. The van der Waals surface area contributed by atoms with Crippen LogP contribution in [-0.4, -0.2) is 15.5 Å². The Labute approximate surface area is 174 Å². The summed E-state index contributed by atoms with van der Waals surface area (Å²) < 4.78 is 7.61. The molecule has 0 saturated carbocycles. The van der Waals surface area contributed by atoms with Gasteiger partial charge in [-0.05, 0) is 57.2 Å². The fourth-order valence-corrected chi connectivity index (χ4v) is 4.06. The molecule has 0 atom stereocenters. The van der Waals surface area contributed by atoms with E-state index in [1.54, 1.807) is 23.5 Å². The van der Waals surface area contributed by atoms with Gasteiger partial charge in [0.05, 0.1) is 11.3 Å². The summed E-state index contributed by atoms with van der Waals surface area (Å²) >= 11 is 1.55. The van der Waals surface area contributed by atoms with Crippen LogP contribution in [0.3, 0.4) is 0 Å². The minimum Gasteiger partial charge on any atom is -0.456 e. The molecule has 5 heteroatoms. The van der Waals surface area contributed by atoms with Crippen molar-refractivity contribution in [3.8, 4) is 16.3 Å². The number of carbonyl (C=O) groups excluding carboxylic acids is 1. The predicted molar refractivity (Wildman–Crippen MR) is 117 cm³/mol. The summed E-state index contributed by atoms with van der Waals surface area (Å²) in [6.45, 7) is 6.35.